The van der Waals surface area contributed by atoms with Gasteiger partial charge in [0, 0.05) is 18.6 Å². The molecule has 2 rings (SSSR count). The van der Waals surface area contributed by atoms with Crippen LogP contribution in [0, 0.1) is 5.92 Å². The molecule has 82 valence electrons. The molecule has 3 heteroatoms. The Labute approximate surface area is 86.1 Å². The van der Waals surface area contributed by atoms with Crippen LogP contribution in [0.2, 0.25) is 0 Å². The van der Waals surface area contributed by atoms with Gasteiger partial charge >= 0.3 is 0 Å². The molecule has 2 atom stereocenters. The van der Waals surface area contributed by atoms with Gasteiger partial charge in [-0.25, -0.2) is 0 Å². The quantitative estimate of drug-likeness (QED) is 0.701. The summed E-state index contributed by atoms with van der Waals surface area (Å²) < 4.78 is 5.35. The van der Waals surface area contributed by atoms with Crippen molar-refractivity contribution in [1.82, 2.24) is 5.48 Å². The second kappa shape index (κ2) is 5.10. The van der Waals surface area contributed by atoms with Gasteiger partial charge < -0.3 is 4.74 Å². The highest BCUT2D eigenvalue weighted by atomic mass is 16.7. The van der Waals surface area contributed by atoms with E-state index < -0.39 is 0 Å². The Morgan fingerprint density at radius 2 is 2.07 bits per heavy atom. The zero-order valence-electron chi connectivity index (χ0n) is 9.00. The maximum atomic E-state index is 5.67. The first-order valence-corrected chi connectivity index (χ1v) is 5.85. The molecule has 0 spiro atoms. The summed E-state index contributed by atoms with van der Waals surface area (Å²) in [5, 5.41) is 0. The Kier molecular flexibility index (Phi) is 3.79. The van der Waals surface area contributed by atoms with Crippen molar-refractivity contribution in [3.05, 3.63) is 0 Å². The van der Waals surface area contributed by atoms with Gasteiger partial charge in [-0.05, 0) is 26.2 Å². The summed E-state index contributed by atoms with van der Waals surface area (Å²) in [5.74, 6) is 0.636. The van der Waals surface area contributed by atoms with Gasteiger partial charge in [-0.3, -0.25) is 4.84 Å². The van der Waals surface area contributed by atoms with Crippen LogP contribution in [0.5, 0.6) is 0 Å². The number of hydrogen-bond acceptors (Lipinski definition) is 3. The first kappa shape index (κ1) is 10.4. The Morgan fingerprint density at radius 3 is 2.71 bits per heavy atom. The molecular weight excluding hydrogens is 178 g/mol. The standard InChI is InChI=1S/C11H21NO2/c1-9(10-6-7-13-8-10)12-14-11-4-2-3-5-11/h9-12H,2-8H2,1H3. The third-order valence-electron chi connectivity index (χ3n) is 3.39. The van der Waals surface area contributed by atoms with E-state index in [9.17, 15) is 0 Å². The Bertz CT molecular complexity index is 163. The first-order valence-electron chi connectivity index (χ1n) is 5.85. The molecule has 14 heavy (non-hydrogen) atoms. The molecule has 0 aromatic rings. The predicted molar refractivity (Wildman–Crippen MR) is 54.9 cm³/mol. The van der Waals surface area contributed by atoms with E-state index in [0.29, 0.717) is 18.1 Å². The van der Waals surface area contributed by atoms with Crippen molar-refractivity contribution in [2.24, 2.45) is 5.92 Å². The lowest BCUT2D eigenvalue weighted by molar-refractivity contribution is -0.0474. The van der Waals surface area contributed by atoms with Gasteiger partial charge in [0.05, 0.1) is 12.7 Å². The molecule has 2 unspecified atom stereocenters. The molecule has 0 radical (unpaired) electrons. The predicted octanol–water partition coefficient (Wildman–Crippen LogP) is 1.88. The molecule has 0 aromatic carbocycles. The fourth-order valence-corrected chi connectivity index (χ4v) is 2.25. The molecule has 2 fully saturated rings. The molecule has 0 amide bonds. The van der Waals surface area contributed by atoms with Gasteiger partial charge in [-0.15, -0.1) is 0 Å². The van der Waals surface area contributed by atoms with Gasteiger partial charge in [0.2, 0.25) is 0 Å². The molecule has 0 aromatic heterocycles. The zero-order chi connectivity index (χ0) is 9.80. The lowest BCUT2D eigenvalue weighted by atomic mass is 10.0. The van der Waals surface area contributed by atoms with Gasteiger partial charge in [0.25, 0.3) is 0 Å². The summed E-state index contributed by atoms with van der Waals surface area (Å²) in [7, 11) is 0. The second-order valence-electron chi connectivity index (χ2n) is 4.55. The maximum absolute atomic E-state index is 5.67. The molecule has 2 aliphatic rings. The van der Waals surface area contributed by atoms with Crippen molar-refractivity contribution in [3.63, 3.8) is 0 Å². The summed E-state index contributed by atoms with van der Waals surface area (Å²) in [5.41, 5.74) is 3.19. The molecule has 1 heterocycles. The van der Waals surface area contributed by atoms with Crippen molar-refractivity contribution < 1.29 is 9.57 Å². The molecule has 1 saturated carbocycles. The van der Waals surface area contributed by atoms with E-state index in [1.165, 1.54) is 32.1 Å². The topological polar surface area (TPSA) is 30.5 Å². The van der Waals surface area contributed by atoms with Gasteiger partial charge in [0.1, 0.15) is 0 Å². The Morgan fingerprint density at radius 1 is 1.29 bits per heavy atom. The number of hydrogen-bond donors (Lipinski definition) is 1. The minimum atomic E-state index is 0.429. The second-order valence-corrected chi connectivity index (χ2v) is 4.55. The van der Waals surface area contributed by atoms with Crippen LogP contribution >= 0.6 is 0 Å². The van der Waals surface area contributed by atoms with E-state index in [0.717, 1.165) is 13.2 Å². The summed E-state index contributed by atoms with van der Waals surface area (Å²) in [4.78, 5) is 5.67. The number of rotatable bonds is 4. The van der Waals surface area contributed by atoms with E-state index >= 15 is 0 Å². The van der Waals surface area contributed by atoms with Crippen molar-refractivity contribution in [2.45, 2.75) is 51.2 Å². The molecule has 0 bridgehead atoms. The van der Waals surface area contributed by atoms with Crippen molar-refractivity contribution in [2.75, 3.05) is 13.2 Å². The third kappa shape index (κ3) is 2.69. The van der Waals surface area contributed by atoms with E-state index in [-0.39, 0.29) is 0 Å². The molecule has 1 N–H and O–H groups in total. The van der Waals surface area contributed by atoms with Crippen LogP contribution in [0.15, 0.2) is 0 Å². The SMILES string of the molecule is CC(NOC1CCCC1)C1CCOC1. The van der Waals surface area contributed by atoms with E-state index in [1.807, 2.05) is 0 Å². The minimum Gasteiger partial charge on any atom is -0.381 e. The molecular formula is C11H21NO2. The van der Waals surface area contributed by atoms with Crippen LogP contribution in [0.3, 0.4) is 0 Å². The summed E-state index contributed by atoms with van der Waals surface area (Å²) >= 11 is 0. The molecule has 1 aliphatic heterocycles. The highest BCUT2D eigenvalue weighted by molar-refractivity contribution is 4.74. The number of nitrogens with one attached hydrogen (secondary N) is 1. The fraction of sp³-hybridized carbons (Fsp3) is 1.00. The van der Waals surface area contributed by atoms with Gasteiger partial charge in [-0.2, -0.15) is 5.48 Å². The molecule has 1 saturated heterocycles. The van der Waals surface area contributed by atoms with E-state index in [1.54, 1.807) is 0 Å². The minimum absolute atomic E-state index is 0.429. The smallest absolute Gasteiger partial charge is 0.0790 e. The van der Waals surface area contributed by atoms with Crippen molar-refractivity contribution >= 4 is 0 Å². The third-order valence-corrected chi connectivity index (χ3v) is 3.39. The Balaban J connectivity index is 1.63. The van der Waals surface area contributed by atoms with Crippen LogP contribution in [-0.2, 0) is 9.57 Å². The monoisotopic (exact) mass is 199 g/mol. The van der Waals surface area contributed by atoms with Crippen molar-refractivity contribution in [1.29, 1.82) is 0 Å². The van der Waals surface area contributed by atoms with Crippen LogP contribution in [0.4, 0.5) is 0 Å². The van der Waals surface area contributed by atoms with Crippen molar-refractivity contribution in [3.8, 4) is 0 Å². The van der Waals surface area contributed by atoms with Crippen LogP contribution < -0.4 is 5.48 Å². The number of hydroxylamine groups is 1. The average molecular weight is 199 g/mol. The maximum Gasteiger partial charge on any atom is 0.0790 e. The Hall–Kier alpha value is -0.120. The highest BCUT2D eigenvalue weighted by Gasteiger charge is 2.24. The average Bonchev–Trinajstić information content (AvgIpc) is 2.87. The molecule has 3 nitrogen and oxygen atoms in total. The zero-order valence-corrected chi connectivity index (χ0v) is 9.00. The first-order chi connectivity index (χ1) is 6.86. The van der Waals surface area contributed by atoms with Gasteiger partial charge in [0.15, 0.2) is 0 Å². The van der Waals surface area contributed by atoms with E-state index in [4.69, 9.17) is 9.57 Å². The summed E-state index contributed by atoms with van der Waals surface area (Å²) in [6.07, 6.45) is 6.73. The largest absolute Gasteiger partial charge is 0.381 e. The lowest BCUT2D eigenvalue weighted by Gasteiger charge is -2.21. The summed E-state index contributed by atoms with van der Waals surface area (Å²) in [6, 6.07) is 0.429. The van der Waals surface area contributed by atoms with E-state index in [2.05, 4.69) is 12.4 Å². The van der Waals surface area contributed by atoms with Gasteiger partial charge in [-0.1, -0.05) is 12.8 Å². The van der Waals surface area contributed by atoms with Crippen LogP contribution in [0.25, 0.3) is 0 Å². The normalized spacial score (nSPS) is 31.1. The summed E-state index contributed by atoms with van der Waals surface area (Å²) in [6.45, 7) is 4.00. The molecule has 1 aliphatic carbocycles. The highest BCUT2D eigenvalue weighted by Crippen LogP contribution is 2.21. The van der Waals surface area contributed by atoms with Crippen LogP contribution in [0.1, 0.15) is 39.0 Å². The fourth-order valence-electron chi connectivity index (χ4n) is 2.25. The lowest BCUT2D eigenvalue weighted by Crippen LogP contribution is -2.36. The van der Waals surface area contributed by atoms with Crippen LogP contribution in [-0.4, -0.2) is 25.4 Å². The number of ether oxygens (including phenoxy) is 1.